The van der Waals surface area contributed by atoms with Crippen LogP contribution in [0.4, 0.5) is 0 Å². The van der Waals surface area contributed by atoms with Crippen LogP contribution in [0.5, 0.6) is 0 Å². The summed E-state index contributed by atoms with van der Waals surface area (Å²) in [5, 5.41) is 3.88. The fourth-order valence-electron chi connectivity index (χ4n) is 2.09. The molecule has 2 rings (SSSR count). The van der Waals surface area contributed by atoms with Gasteiger partial charge in [0.05, 0.1) is 6.61 Å². The highest BCUT2D eigenvalue weighted by Crippen LogP contribution is 2.19. The molecule has 1 fully saturated rings. The smallest absolute Gasteiger partial charge is 0.328 e. The van der Waals surface area contributed by atoms with Gasteiger partial charge in [0.25, 0.3) is 0 Å². The lowest BCUT2D eigenvalue weighted by molar-refractivity contribution is -0.153. The van der Waals surface area contributed by atoms with Gasteiger partial charge in [0.15, 0.2) is 0 Å². The number of amides is 1. The van der Waals surface area contributed by atoms with Crippen LogP contribution in [-0.2, 0) is 20.9 Å². The van der Waals surface area contributed by atoms with Gasteiger partial charge in [-0.1, -0.05) is 0 Å². The van der Waals surface area contributed by atoms with Crippen LogP contribution in [0, 0.1) is 0 Å². The van der Waals surface area contributed by atoms with Crippen molar-refractivity contribution in [2.75, 3.05) is 13.2 Å². The Morgan fingerprint density at radius 3 is 3.00 bits per heavy atom. The predicted octanol–water partition coefficient (Wildman–Crippen LogP) is -0.168. The summed E-state index contributed by atoms with van der Waals surface area (Å²) in [5.41, 5.74) is 0. The number of esters is 1. The molecule has 1 amide bonds. The molecule has 1 aromatic rings. The molecule has 1 saturated heterocycles. The van der Waals surface area contributed by atoms with Crippen LogP contribution in [0.2, 0.25) is 0 Å². The second-order valence-corrected chi connectivity index (χ2v) is 4.09. The lowest BCUT2D eigenvalue weighted by atomic mass is 10.2. The first-order chi connectivity index (χ1) is 8.72. The Labute approximate surface area is 105 Å². The standard InChI is InChI=1S/C11H16N4O3/c1-2-18-11(17)9-4-3-5-15(9)10(16)6-14-8-12-7-13-14/h7-9H,2-6H2,1H3. The molecular formula is C11H16N4O3. The number of carbonyl (C=O) groups is 2. The van der Waals surface area contributed by atoms with E-state index < -0.39 is 6.04 Å². The van der Waals surface area contributed by atoms with Gasteiger partial charge < -0.3 is 9.64 Å². The molecule has 18 heavy (non-hydrogen) atoms. The third-order valence-electron chi connectivity index (χ3n) is 2.90. The molecule has 0 spiro atoms. The molecule has 0 saturated carbocycles. The molecule has 7 heteroatoms. The van der Waals surface area contributed by atoms with Crippen LogP contribution >= 0.6 is 0 Å². The van der Waals surface area contributed by atoms with Gasteiger partial charge in [-0.15, -0.1) is 0 Å². The Morgan fingerprint density at radius 1 is 1.50 bits per heavy atom. The molecule has 0 aliphatic carbocycles. The summed E-state index contributed by atoms with van der Waals surface area (Å²) >= 11 is 0. The molecule has 1 aliphatic heterocycles. The van der Waals surface area contributed by atoms with Crippen LogP contribution < -0.4 is 0 Å². The predicted molar refractivity (Wildman–Crippen MR) is 61.4 cm³/mol. The zero-order valence-corrected chi connectivity index (χ0v) is 10.3. The van der Waals surface area contributed by atoms with E-state index in [1.165, 1.54) is 17.3 Å². The van der Waals surface area contributed by atoms with Crippen molar-refractivity contribution >= 4 is 11.9 Å². The lowest BCUT2D eigenvalue weighted by Crippen LogP contribution is -2.43. The highest BCUT2D eigenvalue weighted by molar-refractivity contribution is 5.85. The average molecular weight is 252 g/mol. The minimum atomic E-state index is -0.444. The van der Waals surface area contributed by atoms with Crippen molar-refractivity contribution in [1.29, 1.82) is 0 Å². The summed E-state index contributed by atoms with van der Waals surface area (Å²) in [4.78, 5) is 29.1. The molecule has 0 N–H and O–H groups in total. The average Bonchev–Trinajstić information content (AvgIpc) is 2.99. The number of ether oxygens (including phenoxy) is 1. The highest BCUT2D eigenvalue weighted by Gasteiger charge is 2.34. The van der Waals surface area contributed by atoms with Crippen molar-refractivity contribution in [2.24, 2.45) is 0 Å². The van der Waals surface area contributed by atoms with Gasteiger partial charge in [0.1, 0.15) is 25.2 Å². The maximum absolute atomic E-state index is 12.1. The molecular weight excluding hydrogens is 236 g/mol. The Balaban J connectivity index is 1.98. The highest BCUT2D eigenvalue weighted by atomic mass is 16.5. The minimum absolute atomic E-state index is 0.107. The normalized spacial score (nSPS) is 18.9. The molecule has 2 heterocycles. The third kappa shape index (κ3) is 2.66. The fraction of sp³-hybridized carbons (Fsp3) is 0.636. The Hall–Kier alpha value is -1.92. The quantitative estimate of drug-likeness (QED) is 0.695. The molecule has 0 radical (unpaired) electrons. The molecule has 1 atom stereocenters. The molecule has 1 aliphatic rings. The van der Waals surface area contributed by atoms with E-state index in [0.717, 1.165) is 6.42 Å². The molecule has 98 valence electrons. The SMILES string of the molecule is CCOC(=O)C1CCCN1C(=O)Cn1cncn1. The van der Waals surface area contributed by atoms with Crippen molar-refractivity contribution in [3.05, 3.63) is 12.7 Å². The first-order valence-electron chi connectivity index (χ1n) is 6.01. The van der Waals surface area contributed by atoms with Crippen molar-refractivity contribution in [3.8, 4) is 0 Å². The second kappa shape index (κ2) is 5.61. The van der Waals surface area contributed by atoms with Crippen LogP contribution in [0.3, 0.4) is 0 Å². The molecule has 0 aromatic carbocycles. The summed E-state index contributed by atoms with van der Waals surface area (Å²) < 4.78 is 6.42. The van der Waals surface area contributed by atoms with E-state index in [1.807, 2.05) is 0 Å². The van der Waals surface area contributed by atoms with Crippen molar-refractivity contribution in [2.45, 2.75) is 32.4 Å². The molecule has 7 nitrogen and oxygen atoms in total. The van der Waals surface area contributed by atoms with Gasteiger partial charge in [-0.2, -0.15) is 5.10 Å². The summed E-state index contributed by atoms with van der Waals surface area (Å²) in [6, 6.07) is -0.444. The zero-order valence-electron chi connectivity index (χ0n) is 10.3. The van der Waals surface area contributed by atoms with Crippen LogP contribution in [-0.4, -0.2) is 50.7 Å². The summed E-state index contributed by atoms with van der Waals surface area (Å²) in [6.45, 7) is 2.79. The first-order valence-corrected chi connectivity index (χ1v) is 6.01. The fourth-order valence-corrected chi connectivity index (χ4v) is 2.09. The van der Waals surface area contributed by atoms with E-state index in [0.29, 0.717) is 19.6 Å². The van der Waals surface area contributed by atoms with Crippen molar-refractivity contribution in [3.63, 3.8) is 0 Å². The summed E-state index contributed by atoms with van der Waals surface area (Å²) in [5.74, 6) is -0.446. The number of rotatable bonds is 4. The number of hydrogen-bond donors (Lipinski definition) is 0. The van der Waals surface area contributed by atoms with E-state index in [-0.39, 0.29) is 18.4 Å². The largest absolute Gasteiger partial charge is 0.464 e. The van der Waals surface area contributed by atoms with E-state index in [4.69, 9.17) is 4.74 Å². The van der Waals surface area contributed by atoms with Gasteiger partial charge in [0.2, 0.25) is 5.91 Å². The topological polar surface area (TPSA) is 77.3 Å². The van der Waals surface area contributed by atoms with Crippen molar-refractivity contribution in [1.82, 2.24) is 19.7 Å². The zero-order chi connectivity index (χ0) is 13.0. The Bertz CT molecular complexity index is 418. The van der Waals surface area contributed by atoms with E-state index in [1.54, 1.807) is 11.8 Å². The number of likely N-dealkylation sites (tertiary alicyclic amines) is 1. The van der Waals surface area contributed by atoms with E-state index in [9.17, 15) is 9.59 Å². The van der Waals surface area contributed by atoms with Gasteiger partial charge in [-0.3, -0.25) is 4.79 Å². The number of carbonyl (C=O) groups excluding carboxylic acids is 2. The number of hydrogen-bond acceptors (Lipinski definition) is 5. The van der Waals surface area contributed by atoms with Gasteiger partial charge in [-0.25, -0.2) is 14.5 Å². The maximum atomic E-state index is 12.1. The Kier molecular flexibility index (Phi) is 3.91. The minimum Gasteiger partial charge on any atom is -0.464 e. The van der Waals surface area contributed by atoms with Crippen LogP contribution in [0.15, 0.2) is 12.7 Å². The Morgan fingerprint density at radius 2 is 2.33 bits per heavy atom. The molecule has 1 aromatic heterocycles. The lowest BCUT2D eigenvalue weighted by Gasteiger charge is -2.22. The van der Waals surface area contributed by atoms with E-state index >= 15 is 0 Å². The number of nitrogens with zero attached hydrogens (tertiary/aromatic N) is 4. The van der Waals surface area contributed by atoms with Crippen LogP contribution in [0.25, 0.3) is 0 Å². The monoisotopic (exact) mass is 252 g/mol. The van der Waals surface area contributed by atoms with Crippen molar-refractivity contribution < 1.29 is 14.3 Å². The number of aromatic nitrogens is 3. The molecule has 1 unspecified atom stereocenters. The van der Waals surface area contributed by atoms with Gasteiger partial charge in [0, 0.05) is 6.54 Å². The molecule has 0 bridgehead atoms. The third-order valence-corrected chi connectivity index (χ3v) is 2.90. The summed E-state index contributed by atoms with van der Waals surface area (Å²) in [7, 11) is 0. The van der Waals surface area contributed by atoms with Gasteiger partial charge in [-0.05, 0) is 19.8 Å². The first kappa shape index (κ1) is 12.5. The van der Waals surface area contributed by atoms with Gasteiger partial charge >= 0.3 is 5.97 Å². The summed E-state index contributed by atoms with van der Waals surface area (Å²) in [6.07, 6.45) is 4.35. The maximum Gasteiger partial charge on any atom is 0.328 e. The van der Waals surface area contributed by atoms with E-state index in [2.05, 4.69) is 10.1 Å². The second-order valence-electron chi connectivity index (χ2n) is 4.09. The van der Waals surface area contributed by atoms with Crippen LogP contribution in [0.1, 0.15) is 19.8 Å².